The van der Waals surface area contributed by atoms with Crippen LogP contribution in [-0.4, -0.2) is 53.6 Å². The standard InChI is InChI=1S/C15H25N5/c1-2-16-9-13-10-18-15(11-17-13)20-8-5-14(12-20)19-6-3-4-7-19/h10-11,14,16H,2-9,12H2,1H3. The van der Waals surface area contributed by atoms with Gasteiger partial charge in [-0.05, 0) is 38.9 Å². The van der Waals surface area contributed by atoms with Crippen molar-refractivity contribution in [2.24, 2.45) is 0 Å². The Bertz CT molecular complexity index is 413. The molecule has 2 aliphatic rings. The number of aromatic nitrogens is 2. The van der Waals surface area contributed by atoms with Crippen LogP contribution >= 0.6 is 0 Å². The summed E-state index contributed by atoms with van der Waals surface area (Å²) in [6.45, 7) is 8.67. The van der Waals surface area contributed by atoms with E-state index < -0.39 is 0 Å². The monoisotopic (exact) mass is 275 g/mol. The van der Waals surface area contributed by atoms with Crippen molar-refractivity contribution < 1.29 is 0 Å². The van der Waals surface area contributed by atoms with Crippen LogP contribution in [0.2, 0.25) is 0 Å². The molecule has 1 atom stereocenters. The van der Waals surface area contributed by atoms with E-state index in [0.29, 0.717) is 0 Å². The van der Waals surface area contributed by atoms with Gasteiger partial charge in [-0.15, -0.1) is 0 Å². The molecule has 0 radical (unpaired) electrons. The molecule has 1 N–H and O–H groups in total. The number of anilines is 1. The van der Waals surface area contributed by atoms with Gasteiger partial charge in [0, 0.05) is 25.7 Å². The fourth-order valence-electron chi connectivity index (χ4n) is 3.21. The number of hydrogen-bond donors (Lipinski definition) is 1. The quantitative estimate of drug-likeness (QED) is 0.876. The van der Waals surface area contributed by atoms with Gasteiger partial charge in [-0.25, -0.2) is 4.98 Å². The van der Waals surface area contributed by atoms with Gasteiger partial charge in [-0.3, -0.25) is 9.88 Å². The Balaban J connectivity index is 1.56. The lowest BCUT2D eigenvalue weighted by atomic mass is 10.2. The average molecular weight is 275 g/mol. The maximum absolute atomic E-state index is 4.58. The second-order valence-corrected chi connectivity index (χ2v) is 5.78. The number of nitrogens with zero attached hydrogens (tertiary/aromatic N) is 4. The Morgan fingerprint density at radius 1 is 1.20 bits per heavy atom. The van der Waals surface area contributed by atoms with Gasteiger partial charge >= 0.3 is 0 Å². The zero-order chi connectivity index (χ0) is 13.8. The number of rotatable bonds is 5. The van der Waals surface area contributed by atoms with Crippen LogP contribution in [0, 0.1) is 0 Å². The Labute approximate surface area is 121 Å². The fraction of sp³-hybridized carbons (Fsp3) is 0.733. The predicted molar refractivity (Wildman–Crippen MR) is 80.8 cm³/mol. The Kier molecular flexibility index (Phi) is 4.47. The molecule has 0 bridgehead atoms. The van der Waals surface area contributed by atoms with E-state index in [2.05, 4.69) is 32.0 Å². The third kappa shape index (κ3) is 3.10. The first-order chi connectivity index (χ1) is 9.86. The van der Waals surface area contributed by atoms with Crippen molar-refractivity contribution in [1.29, 1.82) is 0 Å². The molecule has 0 saturated carbocycles. The van der Waals surface area contributed by atoms with Crippen LogP contribution in [0.25, 0.3) is 0 Å². The molecule has 2 saturated heterocycles. The fourth-order valence-corrected chi connectivity index (χ4v) is 3.21. The van der Waals surface area contributed by atoms with Gasteiger partial charge in [0.15, 0.2) is 0 Å². The zero-order valence-corrected chi connectivity index (χ0v) is 12.4. The summed E-state index contributed by atoms with van der Waals surface area (Å²) in [4.78, 5) is 14.1. The highest BCUT2D eigenvalue weighted by Gasteiger charge is 2.29. The van der Waals surface area contributed by atoms with Crippen LogP contribution in [0.15, 0.2) is 12.4 Å². The SMILES string of the molecule is CCNCc1cnc(N2CCC(N3CCCC3)C2)cn1. The number of likely N-dealkylation sites (tertiary alicyclic amines) is 1. The van der Waals surface area contributed by atoms with Crippen molar-refractivity contribution in [3.63, 3.8) is 0 Å². The van der Waals surface area contributed by atoms with E-state index in [-0.39, 0.29) is 0 Å². The van der Waals surface area contributed by atoms with Crippen LogP contribution in [0.3, 0.4) is 0 Å². The van der Waals surface area contributed by atoms with E-state index in [9.17, 15) is 0 Å². The molecular weight excluding hydrogens is 250 g/mol. The van der Waals surface area contributed by atoms with E-state index in [4.69, 9.17) is 0 Å². The summed E-state index contributed by atoms with van der Waals surface area (Å²) in [5.41, 5.74) is 1.02. The largest absolute Gasteiger partial charge is 0.354 e. The smallest absolute Gasteiger partial charge is 0.147 e. The summed E-state index contributed by atoms with van der Waals surface area (Å²) < 4.78 is 0. The van der Waals surface area contributed by atoms with Gasteiger partial charge in [0.25, 0.3) is 0 Å². The zero-order valence-electron chi connectivity index (χ0n) is 12.4. The second kappa shape index (κ2) is 6.50. The van der Waals surface area contributed by atoms with E-state index in [0.717, 1.165) is 43.7 Å². The maximum Gasteiger partial charge on any atom is 0.147 e. The molecule has 2 aliphatic heterocycles. The van der Waals surface area contributed by atoms with Gasteiger partial charge in [-0.1, -0.05) is 6.92 Å². The Hall–Kier alpha value is -1.20. The molecule has 3 rings (SSSR count). The summed E-state index contributed by atoms with van der Waals surface area (Å²) >= 11 is 0. The van der Waals surface area contributed by atoms with Gasteiger partial charge in [0.05, 0.1) is 18.1 Å². The third-order valence-corrected chi connectivity index (χ3v) is 4.39. The molecular formula is C15H25N5. The van der Waals surface area contributed by atoms with E-state index in [1.807, 2.05) is 12.4 Å². The van der Waals surface area contributed by atoms with Crippen molar-refractivity contribution in [3.8, 4) is 0 Å². The molecule has 2 fully saturated rings. The van der Waals surface area contributed by atoms with Gasteiger partial charge in [0.2, 0.25) is 0 Å². The summed E-state index contributed by atoms with van der Waals surface area (Å²) in [7, 11) is 0. The average Bonchev–Trinajstić information content (AvgIpc) is 3.16. The highest BCUT2D eigenvalue weighted by Crippen LogP contribution is 2.23. The second-order valence-electron chi connectivity index (χ2n) is 5.78. The first-order valence-corrected chi connectivity index (χ1v) is 7.87. The summed E-state index contributed by atoms with van der Waals surface area (Å²) in [5, 5.41) is 3.27. The molecule has 3 heterocycles. The molecule has 0 amide bonds. The molecule has 20 heavy (non-hydrogen) atoms. The first-order valence-electron chi connectivity index (χ1n) is 7.87. The molecule has 5 heteroatoms. The summed E-state index contributed by atoms with van der Waals surface area (Å²) in [6, 6.07) is 0.723. The maximum atomic E-state index is 4.58. The highest BCUT2D eigenvalue weighted by molar-refractivity contribution is 5.37. The van der Waals surface area contributed by atoms with Gasteiger partial charge in [0.1, 0.15) is 5.82 Å². The lowest BCUT2D eigenvalue weighted by molar-refractivity contribution is 0.260. The molecule has 5 nitrogen and oxygen atoms in total. The van der Waals surface area contributed by atoms with E-state index in [1.54, 1.807) is 0 Å². The summed E-state index contributed by atoms with van der Waals surface area (Å²) in [6.07, 6.45) is 7.84. The molecule has 0 aromatic carbocycles. The van der Waals surface area contributed by atoms with Crippen LogP contribution in [0.4, 0.5) is 5.82 Å². The van der Waals surface area contributed by atoms with Crippen LogP contribution in [-0.2, 0) is 6.54 Å². The lowest BCUT2D eigenvalue weighted by Crippen LogP contribution is -2.35. The lowest BCUT2D eigenvalue weighted by Gasteiger charge is -2.23. The van der Waals surface area contributed by atoms with Crippen molar-refractivity contribution in [1.82, 2.24) is 20.2 Å². The first kappa shape index (κ1) is 13.8. The summed E-state index contributed by atoms with van der Waals surface area (Å²) in [5.74, 6) is 1.03. The number of hydrogen-bond acceptors (Lipinski definition) is 5. The van der Waals surface area contributed by atoms with Crippen molar-refractivity contribution in [2.45, 2.75) is 38.8 Å². The van der Waals surface area contributed by atoms with Crippen LogP contribution in [0.1, 0.15) is 31.9 Å². The van der Waals surface area contributed by atoms with Crippen LogP contribution in [0.5, 0.6) is 0 Å². The molecule has 0 spiro atoms. The molecule has 110 valence electrons. The van der Waals surface area contributed by atoms with E-state index >= 15 is 0 Å². The van der Waals surface area contributed by atoms with E-state index in [1.165, 1.54) is 32.4 Å². The van der Waals surface area contributed by atoms with Crippen molar-refractivity contribution >= 4 is 5.82 Å². The highest BCUT2D eigenvalue weighted by atomic mass is 15.3. The van der Waals surface area contributed by atoms with Gasteiger partial charge < -0.3 is 10.2 Å². The number of nitrogens with one attached hydrogen (secondary N) is 1. The normalized spacial score (nSPS) is 23.6. The molecule has 0 aliphatic carbocycles. The molecule has 1 aromatic heterocycles. The van der Waals surface area contributed by atoms with Crippen LogP contribution < -0.4 is 10.2 Å². The topological polar surface area (TPSA) is 44.3 Å². The molecule has 1 unspecified atom stereocenters. The third-order valence-electron chi connectivity index (χ3n) is 4.39. The minimum atomic E-state index is 0.723. The Morgan fingerprint density at radius 2 is 2.05 bits per heavy atom. The van der Waals surface area contributed by atoms with Crippen molar-refractivity contribution in [2.75, 3.05) is 37.6 Å². The van der Waals surface area contributed by atoms with Crippen molar-refractivity contribution in [3.05, 3.63) is 18.1 Å². The predicted octanol–water partition coefficient (Wildman–Crippen LogP) is 1.26. The minimum Gasteiger partial charge on any atom is -0.354 e. The van der Waals surface area contributed by atoms with Gasteiger partial charge in [-0.2, -0.15) is 0 Å². The minimum absolute atomic E-state index is 0.723. The molecule has 1 aromatic rings. The Morgan fingerprint density at radius 3 is 2.75 bits per heavy atom.